The Kier molecular flexibility index (Phi) is 1.25. The molecule has 0 amide bonds. The Morgan fingerprint density at radius 2 is 2.45 bits per heavy atom. The van der Waals surface area contributed by atoms with Crippen LogP contribution in [-0.4, -0.2) is 17.0 Å². The summed E-state index contributed by atoms with van der Waals surface area (Å²) in [6.45, 7) is 2.07. The van der Waals surface area contributed by atoms with Crippen LogP contribution < -0.4 is 0 Å². The van der Waals surface area contributed by atoms with E-state index in [1.807, 2.05) is 0 Å². The standard InChI is InChI=1S/C9H12O2/c1-9-3-2-8(11)7(9)4-6(10)5-9/h4,8,11H,2-3,5H2,1H3. The fraction of sp³-hybridized carbons (Fsp3) is 0.667. The fourth-order valence-corrected chi connectivity index (χ4v) is 2.23. The normalized spacial score (nSPS) is 42.5. The zero-order chi connectivity index (χ0) is 8.06. The first kappa shape index (κ1) is 7.04. The van der Waals surface area contributed by atoms with Crippen LogP contribution in [0.4, 0.5) is 0 Å². The van der Waals surface area contributed by atoms with Crippen molar-refractivity contribution < 1.29 is 9.90 Å². The minimum Gasteiger partial charge on any atom is -0.389 e. The molecule has 2 rings (SSSR count). The number of fused-ring (bicyclic) bond motifs is 1. The highest BCUT2D eigenvalue weighted by Gasteiger charge is 2.44. The molecule has 0 heterocycles. The maximum absolute atomic E-state index is 11.0. The van der Waals surface area contributed by atoms with Crippen LogP contribution in [0, 0.1) is 5.41 Å². The smallest absolute Gasteiger partial charge is 0.156 e. The third-order valence-corrected chi connectivity index (χ3v) is 2.91. The highest BCUT2D eigenvalue weighted by atomic mass is 16.3. The second kappa shape index (κ2) is 1.95. The second-order valence-corrected chi connectivity index (χ2v) is 3.86. The number of rotatable bonds is 0. The molecule has 2 atom stereocenters. The molecule has 0 aliphatic heterocycles. The van der Waals surface area contributed by atoms with Crippen LogP contribution in [0.25, 0.3) is 0 Å². The van der Waals surface area contributed by atoms with Gasteiger partial charge in [0.1, 0.15) is 0 Å². The van der Waals surface area contributed by atoms with Crippen molar-refractivity contribution in [3.05, 3.63) is 11.6 Å². The number of aliphatic hydroxyl groups excluding tert-OH is 1. The topological polar surface area (TPSA) is 37.3 Å². The van der Waals surface area contributed by atoms with Crippen molar-refractivity contribution in [3.8, 4) is 0 Å². The van der Waals surface area contributed by atoms with Crippen molar-refractivity contribution in [2.45, 2.75) is 32.3 Å². The van der Waals surface area contributed by atoms with Crippen LogP contribution >= 0.6 is 0 Å². The molecule has 2 aliphatic rings. The molecule has 0 spiro atoms. The van der Waals surface area contributed by atoms with E-state index in [0.717, 1.165) is 18.4 Å². The van der Waals surface area contributed by atoms with Gasteiger partial charge in [-0.2, -0.15) is 0 Å². The van der Waals surface area contributed by atoms with Crippen molar-refractivity contribution in [1.82, 2.24) is 0 Å². The van der Waals surface area contributed by atoms with E-state index in [-0.39, 0.29) is 17.3 Å². The quantitative estimate of drug-likeness (QED) is 0.563. The van der Waals surface area contributed by atoms with Gasteiger partial charge >= 0.3 is 0 Å². The molecule has 0 aromatic carbocycles. The highest BCUT2D eigenvalue weighted by Crippen LogP contribution is 2.48. The van der Waals surface area contributed by atoms with E-state index in [4.69, 9.17) is 0 Å². The van der Waals surface area contributed by atoms with Crippen LogP contribution in [0.5, 0.6) is 0 Å². The molecule has 0 radical (unpaired) electrons. The number of carbonyl (C=O) groups is 1. The monoisotopic (exact) mass is 152 g/mol. The minimum absolute atomic E-state index is 0.0104. The van der Waals surface area contributed by atoms with Gasteiger partial charge in [0.25, 0.3) is 0 Å². The summed E-state index contributed by atoms with van der Waals surface area (Å²) in [6.07, 6.45) is 3.70. The van der Waals surface area contributed by atoms with Gasteiger partial charge in [-0.05, 0) is 29.9 Å². The molecule has 0 aromatic rings. The van der Waals surface area contributed by atoms with Gasteiger partial charge in [0, 0.05) is 6.42 Å². The molecule has 2 nitrogen and oxygen atoms in total. The van der Waals surface area contributed by atoms with Gasteiger partial charge in [-0.3, -0.25) is 4.79 Å². The van der Waals surface area contributed by atoms with Gasteiger partial charge in [-0.25, -0.2) is 0 Å². The van der Waals surface area contributed by atoms with Crippen LogP contribution in [0.2, 0.25) is 0 Å². The van der Waals surface area contributed by atoms with Crippen LogP contribution in [0.15, 0.2) is 11.6 Å². The Morgan fingerprint density at radius 1 is 1.73 bits per heavy atom. The van der Waals surface area contributed by atoms with Gasteiger partial charge in [0.2, 0.25) is 0 Å². The van der Waals surface area contributed by atoms with Crippen LogP contribution in [0.3, 0.4) is 0 Å². The number of carbonyl (C=O) groups excluding carboxylic acids is 1. The molecule has 1 fully saturated rings. The Hall–Kier alpha value is -0.630. The van der Waals surface area contributed by atoms with Gasteiger partial charge in [-0.15, -0.1) is 0 Å². The lowest BCUT2D eigenvalue weighted by Crippen LogP contribution is -2.13. The molecule has 60 valence electrons. The molecular weight excluding hydrogens is 140 g/mol. The molecule has 0 bridgehead atoms. The highest BCUT2D eigenvalue weighted by molar-refractivity contribution is 5.94. The Labute approximate surface area is 65.9 Å². The van der Waals surface area contributed by atoms with E-state index in [2.05, 4.69) is 6.92 Å². The summed E-state index contributed by atoms with van der Waals surface area (Å²) < 4.78 is 0. The first-order valence-corrected chi connectivity index (χ1v) is 4.05. The zero-order valence-corrected chi connectivity index (χ0v) is 6.63. The van der Waals surface area contributed by atoms with Crippen molar-refractivity contribution >= 4 is 5.78 Å². The van der Waals surface area contributed by atoms with E-state index in [1.54, 1.807) is 6.08 Å². The predicted octanol–water partition coefficient (Wildman–Crippen LogP) is 1.05. The number of hydrogen-bond acceptors (Lipinski definition) is 2. The summed E-state index contributed by atoms with van der Waals surface area (Å²) in [6, 6.07) is 0. The molecule has 11 heavy (non-hydrogen) atoms. The fourth-order valence-electron chi connectivity index (χ4n) is 2.23. The lowest BCUT2D eigenvalue weighted by molar-refractivity contribution is -0.115. The lowest BCUT2D eigenvalue weighted by atomic mass is 9.85. The number of hydrogen-bond donors (Lipinski definition) is 1. The molecule has 2 aliphatic carbocycles. The average Bonchev–Trinajstić information content (AvgIpc) is 2.32. The van der Waals surface area contributed by atoms with Crippen LogP contribution in [-0.2, 0) is 4.79 Å². The van der Waals surface area contributed by atoms with E-state index in [0.29, 0.717) is 6.42 Å². The summed E-state index contributed by atoms with van der Waals surface area (Å²) in [7, 11) is 0. The predicted molar refractivity (Wildman–Crippen MR) is 41.1 cm³/mol. The van der Waals surface area contributed by atoms with Gasteiger partial charge in [0.05, 0.1) is 6.10 Å². The third kappa shape index (κ3) is 0.857. The summed E-state index contributed by atoms with van der Waals surface area (Å²) in [4.78, 5) is 11.0. The Balaban J connectivity index is 2.39. The molecule has 1 saturated carbocycles. The zero-order valence-electron chi connectivity index (χ0n) is 6.63. The number of ketones is 1. The maximum atomic E-state index is 11.0. The van der Waals surface area contributed by atoms with E-state index in [9.17, 15) is 9.90 Å². The molecule has 0 aromatic heterocycles. The molecule has 2 unspecified atom stereocenters. The van der Waals surface area contributed by atoms with Crippen molar-refractivity contribution in [1.29, 1.82) is 0 Å². The van der Waals surface area contributed by atoms with E-state index >= 15 is 0 Å². The SMILES string of the molecule is CC12CCC(O)C1=CC(=O)C2. The van der Waals surface area contributed by atoms with Gasteiger partial charge < -0.3 is 5.11 Å². The maximum Gasteiger partial charge on any atom is 0.156 e. The lowest BCUT2D eigenvalue weighted by Gasteiger charge is -2.18. The van der Waals surface area contributed by atoms with Crippen molar-refractivity contribution in [2.75, 3.05) is 0 Å². The summed E-state index contributed by atoms with van der Waals surface area (Å²) in [5, 5.41) is 9.46. The number of allylic oxidation sites excluding steroid dienone is 1. The minimum atomic E-state index is -0.341. The van der Waals surface area contributed by atoms with Crippen molar-refractivity contribution in [3.63, 3.8) is 0 Å². The number of aliphatic hydroxyl groups is 1. The largest absolute Gasteiger partial charge is 0.389 e. The second-order valence-electron chi connectivity index (χ2n) is 3.86. The summed E-state index contributed by atoms with van der Waals surface area (Å²) in [5.74, 6) is 0.182. The Bertz CT molecular complexity index is 242. The molecular formula is C9H12O2. The van der Waals surface area contributed by atoms with E-state index < -0.39 is 0 Å². The molecule has 1 N–H and O–H groups in total. The summed E-state index contributed by atoms with van der Waals surface area (Å²) >= 11 is 0. The third-order valence-electron chi connectivity index (χ3n) is 2.91. The van der Waals surface area contributed by atoms with Crippen LogP contribution in [0.1, 0.15) is 26.2 Å². The van der Waals surface area contributed by atoms with Gasteiger partial charge in [0.15, 0.2) is 5.78 Å². The first-order valence-electron chi connectivity index (χ1n) is 4.05. The summed E-state index contributed by atoms with van der Waals surface area (Å²) in [5.41, 5.74) is 0.985. The first-order chi connectivity index (χ1) is 5.12. The average molecular weight is 152 g/mol. The Morgan fingerprint density at radius 3 is 3.09 bits per heavy atom. The molecule has 0 saturated heterocycles. The van der Waals surface area contributed by atoms with Crippen molar-refractivity contribution in [2.24, 2.45) is 5.41 Å². The van der Waals surface area contributed by atoms with Gasteiger partial charge in [-0.1, -0.05) is 6.92 Å². The molecule has 2 heteroatoms. The van der Waals surface area contributed by atoms with E-state index in [1.165, 1.54) is 0 Å².